The van der Waals surface area contributed by atoms with Gasteiger partial charge in [-0.1, -0.05) is 12.1 Å². The van der Waals surface area contributed by atoms with Crippen LogP contribution in [0.15, 0.2) is 79.0 Å². The molecule has 0 aliphatic carbocycles. The van der Waals surface area contributed by atoms with Gasteiger partial charge >= 0.3 is 5.97 Å². The van der Waals surface area contributed by atoms with E-state index in [2.05, 4.69) is 32.8 Å². The number of nitrogens with one attached hydrogen (secondary N) is 1. The van der Waals surface area contributed by atoms with Crippen LogP contribution >= 0.6 is 12.2 Å². The number of pyridine rings is 1. The van der Waals surface area contributed by atoms with Crippen molar-refractivity contribution in [3.63, 3.8) is 0 Å². The van der Waals surface area contributed by atoms with Gasteiger partial charge in [0, 0.05) is 29.0 Å². The van der Waals surface area contributed by atoms with E-state index in [1.807, 2.05) is 62.4 Å². The van der Waals surface area contributed by atoms with Crippen LogP contribution in [0.3, 0.4) is 0 Å². The number of hydrogen-bond donors (Lipinski definition) is 2. The fourth-order valence-corrected chi connectivity index (χ4v) is 5.43. The number of aromatic carboxylic acids is 1. The van der Waals surface area contributed by atoms with Gasteiger partial charge < -0.3 is 24.6 Å². The molecule has 4 aromatic rings. The van der Waals surface area contributed by atoms with E-state index in [0.717, 1.165) is 39.8 Å². The zero-order chi connectivity index (χ0) is 26.1. The Labute approximate surface area is 221 Å². The Morgan fingerprint density at radius 3 is 2.51 bits per heavy atom. The van der Waals surface area contributed by atoms with Gasteiger partial charge in [-0.3, -0.25) is 4.98 Å². The minimum absolute atomic E-state index is 0.178. The molecular formula is C29H28N4O3S. The molecule has 0 saturated carbocycles. The number of carboxylic acid groups (broad SMARTS) is 1. The summed E-state index contributed by atoms with van der Waals surface area (Å²) in [5.41, 5.74) is 5.97. The van der Waals surface area contributed by atoms with Crippen molar-refractivity contribution < 1.29 is 14.6 Å². The standard InChI is InChI=1S/C29H28N4O3S/c1-4-36-23-13-11-21(12-14-23)33-27(26(31-29(33)37)25-10-5-6-15-30-25)24-16-18(2)32(19(24)3)22-9-7-8-20(17-22)28(34)35/h5-17,26-27H,4H2,1-3H3,(H,31,37)(H,34,35)/t26-,27-/m0/s1. The largest absolute Gasteiger partial charge is 0.494 e. The first-order valence-electron chi connectivity index (χ1n) is 12.1. The van der Waals surface area contributed by atoms with Gasteiger partial charge in [0.05, 0.1) is 29.9 Å². The smallest absolute Gasteiger partial charge is 0.335 e. The molecule has 2 aromatic heterocycles. The Morgan fingerprint density at radius 2 is 1.84 bits per heavy atom. The molecule has 1 aliphatic rings. The Hall–Kier alpha value is -4.17. The molecule has 37 heavy (non-hydrogen) atoms. The van der Waals surface area contributed by atoms with E-state index in [9.17, 15) is 9.90 Å². The lowest BCUT2D eigenvalue weighted by Gasteiger charge is -2.28. The molecule has 188 valence electrons. The summed E-state index contributed by atoms with van der Waals surface area (Å²) in [6, 6.07) is 22.6. The molecule has 0 bridgehead atoms. The fourth-order valence-electron chi connectivity index (χ4n) is 5.08. The molecule has 0 unspecified atom stereocenters. The summed E-state index contributed by atoms with van der Waals surface area (Å²) in [6.45, 7) is 6.65. The predicted octanol–water partition coefficient (Wildman–Crippen LogP) is 5.76. The monoisotopic (exact) mass is 512 g/mol. The number of aryl methyl sites for hydroxylation is 1. The summed E-state index contributed by atoms with van der Waals surface area (Å²) in [5, 5.41) is 13.6. The van der Waals surface area contributed by atoms with Crippen LogP contribution in [0.4, 0.5) is 5.69 Å². The van der Waals surface area contributed by atoms with Gasteiger partial charge in [-0.15, -0.1) is 0 Å². The van der Waals surface area contributed by atoms with Crippen LogP contribution in [0.25, 0.3) is 5.69 Å². The van der Waals surface area contributed by atoms with Crippen LogP contribution < -0.4 is 15.0 Å². The van der Waals surface area contributed by atoms with Crippen molar-refractivity contribution in [1.29, 1.82) is 0 Å². The van der Waals surface area contributed by atoms with E-state index in [-0.39, 0.29) is 17.6 Å². The first-order valence-corrected chi connectivity index (χ1v) is 12.6. The number of ether oxygens (including phenoxy) is 1. The number of rotatable bonds is 7. The summed E-state index contributed by atoms with van der Waals surface area (Å²) < 4.78 is 7.74. The molecule has 2 N–H and O–H groups in total. The molecule has 7 nitrogen and oxygen atoms in total. The molecule has 0 amide bonds. The Bertz CT molecular complexity index is 1450. The summed E-state index contributed by atoms with van der Waals surface area (Å²) in [6.07, 6.45) is 1.79. The van der Waals surface area contributed by atoms with Crippen LogP contribution in [0.2, 0.25) is 0 Å². The Kier molecular flexibility index (Phi) is 6.67. The molecule has 3 heterocycles. The van der Waals surface area contributed by atoms with E-state index in [1.165, 1.54) is 0 Å². The number of nitrogens with zero attached hydrogens (tertiary/aromatic N) is 3. The number of thiocarbonyl (C=S) groups is 1. The van der Waals surface area contributed by atoms with Crippen molar-refractivity contribution in [3.05, 3.63) is 107 Å². The fraction of sp³-hybridized carbons (Fsp3) is 0.207. The number of benzene rings is 2. The number of carbonyl (C=O) groups is 1. The van der Waals surface area contributed by atoms with Crippen molar-refractivity contribution >= 4 is 29.0 Å². The van der Waals surface area contributed by atoms with Gasteiger partial charge in [-0.05, 0) is 99.2 Å². The maximum atomic E-state index is 11.6. The summed E-state index contributed by atoms with van der Waals surface area (Å²) in [4.78, 5) is 18.4. The van der Waals surface area contributed by atoms with E-state index in [4.69, 9.17) is 17.0 Å². The van der Waals surface area contributed by atoms with Gasteiger partial charge in [0.25, 0.3) is 0 Å². The van der Waals surface area contributed by atoms with E-state index in [1.54, 1.807) is 24.4 Å². The van der Waals surface area contributed by atoms with Crippen LogP contribution in [0, 0.1) is 13.8 Å². The normalized spacial score (nSPS) is 17.1. The van der Waals surface area contributed by atoms with Crippen LogP contribution in [0.1, 0.15) is 52.0 Å². The van der Waals surface area contributed by atoms with Crippen molar-refractivity contribution in [2.45, 2.75) is 32.9 Å². The number of hydrogen-bond acceptors (Lipinski definition) is 4. The maximum Gasteiger partial charge on any atom is 0.335 e. The summed E-state index contributed by atoms with van der Waals surface area (Å²) >= 11 is 5.87. The third-order valence-electron chi connectivity index (χ3n) is 6.66. The molecule has 2 atom stereocenters. The second-order valence-corrected chi connectivity index (χ2v) is 9.33. The molecular weight excluding hydrogens is 484 g/mol. The average Bonchev–Trinajstić information content (AvgIpc) is 3.40. The summed E-state index contributed by atoms with van der Waals surface area (Å²) in [5.74, 6) is -0.148. The van der Waals surface area contributed by atoms with Crippen molar-refractivity contribution in [2.75, 3.05) is 11.5 Å². The zero-order valence-corrected chi connectivity index (χ0v) is 21.7. The van der Waals surface area contributed by atoms with E-state index < -0.39 is 5.97 Å². The van der Waals surface area contributed by atoms with Crippen molar-refractivity contribution in [1.82, 2.24) is 14.9 Å². The SMILES string of the molecule is CCOc1ccc(N2C(=S)N[C@@H](c3ccccn3)[C@@H]2c2cc(C)n(-c3cccc(C(=O)O)c3)c2C)cc1. The first-order chi connectivity index (χ1) is 17.9. The van der Waals surface area contributed by atoms with Gasteiger partial charge in [-0.2, -0.15) is 0 Å². The molecule has 1 saturated heterocycles. The Balaban J connectivity index is 1.64. The van der Waals surface area contributed by atoms with Gasteiger partial charge in [-0.25, -0.2) is 4.79 Å². The zero-order valence-electron chi connectivity index (χ0n) is 20.9. The lowest BCUT2D eigenvalue weighted by atomic mass is 9.96. The lowest BCUT2D eigenvalue weighted by Crippen LogP contribution is -2.29. The second-order valence-electron chi connectivity index (χ2n) is 8.94. The molecule has 8 heteroatoms. The van der Waals surface area contributed by atoms with Crippen molar-refractivity contribution in [3.8, 4) is 11.4 Å². The minimum Gasteiger partial charge on any atom is -0.494 e. The van der Waals surface area contributed by atoms with Crippen LogP contribution in [-0.4, -0.2) is 32.3 Å². The number of aromatic nitrogens is 2. The highest BCUT2D eigenvalue weighted by Crippen LogP contribution is 2.44. The van der Waals surface area contributed by atoms with E-state index >= 15 is 0 Å². The average molecular weight is 513 g/mol. The molecule has 0 spiro atoms. The highest BCUT2D eigenvalue weighted by Gasteiger charge is 2.42. The summed E-state index contributed by atoms with van der Waals surface area (Å²) in [7, 11) is 0. The van der Waals surface area contributed by atoms with Crippen molar-refractivity contribution in [2.24, 2.45) is 0 Å². The molecule has 1 aliphatic heterocycles. The first kappa shape index (κ1) is 24.5. The molecule has 5 rings (SSSR count). The Morgan fingerprint density at radius 1 is 1.05 bits per heavy atom. The molecule has 0 radical (unpaired) electrons. The highest BCUT2D eigenvalue weighted by atomic mass is 32.1. The van der Waals surface area contributed by atoms with Gasteiger partial charge in [0.15, 0.2) is 5.11 Å². The van der Waals surface area contributed by atoms with Gasteiger partial charge in [0.2, 0.25) is 0 Å². The molecule has 2 aromatic carbocycles. The topological polar surface area (TPSA) is 79.6 Å². The minimum atomic E-state index is -0.952. The van der Waals surface area contributed by atoms with Crippen LogP contribution in [-0.2, 0) is 0 Å². The quantitative estimate of drug-likeness (QED) is 0.305. The molecule has 1 fully saturated rings. The highest BCUT2D eigenvalue weighted by molar-refractivity contribution is 7.80. The second kappa shape index (κ2) is 10.1. The third-order valence-corrected chi connectivity index (χ3v) is 6.98. The van der Waals surface area contributed by atoms with Gasteiger partial charge in [0.1, 0.15) is 5.75 Å². The van der Waals surface area contributed by atoms with E-state index in [0.29, 0.717) is 11.7 Å². The third kappa shape index (κ3) is 4.56. The number of carboxylic acids is 1. The maximum absolute atomic E-state index is 11.6. The lowest BCUT2D eigenvalue weighted by molar-refractivity contribution is 0.0697. The number of anilines is 1. The van der Waals surface area contributed by atoms with Crippen LogP contribution in [0.5, 0.6) is 5.75 Å². The predicted molar refractivity (Wildman–Crippen MR) is 148 cm³/mol.